The van der Waals surface area contributed by atoms with E-state index < -0.39 is 5.97 Å². The monoisotopic (exact) mass is 610 g/mol. The molecule has 0 atom stereocenters. The molecule has 3 aliphatic rings. The minimum absolute atomic E-state index is 0.0270. The number of anilines is 2. The Kier molecular flexibility index (Phi) is 8.18. The number of morpholine rings is 1. The molecule has 6 rings (SSSR count). The third-order valence-corrected chi connectivity index (χ3v) is 8.71. The molecule has 0 bridgehead atoms. The molecule has 3 aliphatic heterocycles. The Balaban J connectivity index is 1.25. The fourth-order valence-corrected chi connectivity index (χ4v) is 6.38. The van der Waals surface area contributed by atoms with Crippen molar-refractivity contribution in [2.75, 3.05) is 76.1 Å². The van der Waals surface area contributed by atoms with E-state index in [9.17, 15) is 14.7 Å². The van der Waals surface area contributed by atoms with Crippen LogP contribution in [0.25, 0.3) is 11.1 Å². The maximum Gasteiger partial charge on any atom is 0.337 e. The summed E-state index contributed by atoms with van der Waals surface area (Å²) in [5.74, 6) is -0.607. The number of benzene rings is 3. The lowest BCUT2D eigenvalue weighted by Crippen LogP contribution is -2.44. The molecule has 11 heteroatoms. The van der Waals surface area contributed by atoms with Crippen LogP contribution in [0.4, 0.5) is 11.4 Å². The molecule has 3 heterocycles. The Bertz CT molecular complexity index is 1500. The third-order valence-electron chi connectivity index (χ3n) is 8.11. The highest BCUT2D eigenvalue weighted by atomic mass is 35.5. The molecule has 0 radical (unpaired) electrons. The zero-order chi connectivity index (χ0) is 29.4. The second-order valence-electron chi connectivity index (χ2n) is 10.8. The van der Waals surface area contributed by atoms with Crippen LogP contribution in [0.3, 0.4) is 0 Å². The molecule has 0 unspecified atom stereocenters. The summed E-state index contributed by atoms with van der Waals surface area (Å²) in [6, 6.07) is 14.7. The van der Waals surface area contributed by atoms with E-state index in [1.54, 1.807) is 17.0 Å². The fourth-order valence-electron chi connectivity index (χ4n) is 5.75. The van der Waals surface area contributed by atoms with Gasteiger partial charge in [-0.2, -0.15) is 0 Å². The second-order valence-corrected chi connectivity index (χ2v) is 11.6. The molecule has 220 valence electrons. The number of nitrogens with zero attached hydrogens (tertiary/aromatic N) is 4. The molecule has 0 saturated carbocycles. The van der Waals surface area contributed by atoms with Gasteiger partial charge >= 0.3 is 5.97 Å². The van der Waals surface area contributed by atoms with Crippen LogP contribution in [0.2, 0.25) is 10.0 Å². The number of fused-ring (bicyclic) bond motifs is 1. The van der Waals surface area contributed by atoms with Crippen molar-refractivity contribution in [2.45, 2.75) is 6.54 Å². The van der Waals surface area contributed by atoms with E-state index >= 15 is 0 Å². The summed E-state index contributed by atoms with van der Waals surface area (Å²) in [6.45, 7) is 6.29. The van der Waals surface area contributed by atoms with Crippen molar-refractivity contribution in [3.8, 4) is 16.9 Å². The van der Waals surface area contributed by atoms with E-state index in [-0.39, 0.29) is 23.8 Å². The number of carbonyl (C=O) groups is 2. The Labute approximate surface area is 254 Å². The number of carboxylic acid groups (broad SMARTS) is 1. The number of halogens is 2. The first-order valence-corrected chi connectivity index (χ1v) is 14.7. The normalized spacial score (nSPS) is 17.5. The Morgan fingerprint density at radius 2 is 1.60 bits per heavy atom. The standard InChI is InChI=1S/C31H32Cl2N4O5/c1-34-7-9-35(10-8-34)22-16-25(32)28(26(33)17-22)30(38)37-18-21-3-2-4-23(29(21)42-19-37)20-5-6-24(31(39)40)27(15-20)36-11-13-41-14-12-36/h2-6,15-17H,7-14,18-19H2,1H3,(H,39,40). The summed E-state index contributed by atoms with van der Waals surface area (Å²) < 4.78 is 11.7. The maximum atomic E-state index is 13.6. The number of carbonyl (C=O) groups excluding carboxylic acids is 1. The highest BCUT2D eigenvalue weighted by Crippen LogP contribution is 2.40. The largest absolute Gasteiger partial charge is 0.478 e. The summed E-state index contributed by atoms with van der Waals surface area (Å²) in [7, 11) is 2.10. The molecule has 1 amide bonds. The maximum absolute atomic E-state index is 13.6. The number of aromatic carboxylic acids is 1. The highest BCUT2D eigenvalue weighted by molar-refractivity contribution is 6.40. The molecule has 3 aromatic rings. The highest BCUT2D eigenvalue weighted by Gasteiger charge is 2.29. The predicted molar refractivity (Wildman–Crippen MR) is 163 cm³/mol. The Hall–Kier alpha value is -3.50. The molecule has 3 aromatic carbocycles. The van der Waals surface area contributed by atoms with Crippen molar-refractivity contribution in [3.63, 3.8) is 0 Å². The number of hydrogen-bond donors (Lipinski definition) is 1. The lowest BCUT2D eigenvalue weighted by Gasteiger charge is -2.34. The summed E-state index contributed by atoms with van der Waals surface area (Å²) in [5.41, 5.74) is 4.57. The van der Waals surface area contributed by atoms with Crippen LogP contribution in [-0.4, -0.2) is 93.0 Å². The minimum Gasteiger partial charge on any atom is -0.478 e. The quantitative estimate of drug-likeness (QED) is 0.435. The first kappa shape index (κ1) is 28.6. The van der Waals surface area contributed by atoms with Crippen LogP contribution in [0.15, 0.2) is 48.5 Å². The van der Waals surface area contributed by atoms with E-state index in [0.29, 0.717) is 54.3 Å². The summed E-state index contributed by atoms with van der Waals surface area (Å²) in [6.07, 6.45) is 0. The minimum atomic E-state index is -0.975. The van der Waals surface area contributed by atoms with Gasteiger partial charge in [-0.15, -0.1) is 0 Å². The molecule has 0 spiro atoms. The fraction of sp³-hybridized carbons (Fsp3) is 0.355. The van der Waals surface area contributed by atoms with Crippen LogP contribution in [0.5, 0.6) is 5.75 Å². The van der Waals surface area contributed by atoms with Gasteiger partial charge in [-0.05, 0) is 36.9 Å². The van der Waals surface area contributed by atoms with Crippen LogP contribution >= 0.6 is 23.2 Å². The number of rotatable bonds is 5. The Morgan fingerprint density at radius 3 is 2.29 bits per heavy atom. The van der Waals surface area contributed by atoms with Gasteiger partial charge in [0.1, 0.15) is 5.75 Å². The molecule has 1 N–H and O–H groups in total. The zero-order valence-electron chi connectivity index (χ0n) is 23.3. The summed E-state index contributed by atoms with van der Waals surface area (Å²) in [4.78, 5) is 33.7. The molecule has 9 nitrogen and oxygen atoms in total. The van der Waals surface area contributed by atoms with Crippen LogP contribution in [0.1, 0.15) is 26.3 Å². The number of carboxylic acids is 1. The smallest absolute Gasteiger partial charge is 0.337 e. The molecule has 0 aromatic heterocycles. The lowest BCUT2D eigenvalue weighted by molar-refractivity contribution is 0.0516. The first-order chi connectivity index (χ1) is 20.3. The van der Waals surface area contributed by atoms with E-state index in [1.807, 2.05) is 41.3 Å². The van der Waals surface area contributed by atoms with Crippen molar-refractivity contribution < 1.29 is 24.2 Å². The van der Waals surface area contributed by atoms with E-state index in [2.05, 4.69) is 16.8 Å². The Morgan fingerprint density at radius 1 is 0.881 bits per heavy atom. The van der Waals surface area contributed by atoms with Crippen molar-refractivity contribution in [3.05, 3.63) is 75.3 Å². The number of para-hydroxylation sites is 1. The van der Waals surface area contributed by atoms with Crippen LogP contribution < -0.4 is 14.5 Å². The van der Waals surface area contributed by atoms with Crippen molar-refractivity contribution in [2.24, 2.45) is 0 Å². The molecular weight excluding hydrogens is 579 g/mol. The van der Waals surface area contributed by atoms with Crippen molar-refractivity contribution >= 4 is 46.5 Å². The lowest BCUT2D eigenvalue weighted by atomic mass is 9.97. The van der Waals surface area contributed by atoms with Gasteiger partial charge in [0.05, 0.1) is 46.6 Å². The second kappa shape index (κ2) is 12.0. The van der Waals surface area contributed by atoms with Gasteiger partial charge in [0.2, 0.25) is 0 Å². The average molecular weight is 612 g/mol. The van der Waals surface area contributed by atoms with E-state index in [0.717, 1.165) is 48.6 Å². The third kappa shape index (κ3) is 5.62. The zero-order valence-corrected chi connectivity index (χ0v) is 24.8. The molecule has 2 saturated heterocycles. The van der Waals surface area contributed by atoms with E-state index in [4.69, 9.17) is 32.7 Å². The van der Waals surface area contributed by atoms with E-state index in [1.165, 1.54) is 0 Å². The molecule has 0 aliphatic carbocycles. The summed E-state index contributed by atoms with van der Waals surface area (Å²) >= 11 is 13.3. The summed E-state index contributed by atoms with van der Waals surface area (Å²) in [5, 5.41) is 10.4. The van der Waals surface area contributed by atoms with Crippen LogP contribution in [-0.2, 0) is 11.3 Å². The van der Waals surface area contributed by atoms with Gasteiger partial charge in [-0.3, -0.25) is 4.79 Å². The van der Waals surface area contributed by atoms with Gasteiger partial charge in [0.15, 0.2) is 6.73 Å². The van der Waals surface area contributed by atoms with Gasteiger partial charge in [-0.25, -0.2) is 4.79 Å². The van der Waals surface area contributed by atoms with Crippen LogP contribution in [0, 0.1) is 0 Å². The van der Waals surface area contributed by atoms with Crippen molar-refractivity contribution in [1.82, 2.24) is 9.80 Å². The number of hydrogen-bond acceptors (Lipinski definition) is 7. The predicted octanol–water partition coefficient (Wildman–Crippen LogP) is 4.94. The van der Waals surface area contributed by atoms with Gasteiger partial charge in [0, 0.05) is 56.1 Å². The van der Waals surface area contributed by atoms with Crippen molar-refractivity contribution in [1.29, 1.82) is 0 Å². The number of amides is 1. The van der Waals surface area contributed by atoms with Gasteiger partial charge in [0.25, 0.3) is 5.91 Å². The van der Waals surface area contributed by atoms with Gasteiger partial charge < -0.3 is 34.2 Å². The number of ether oxygens (including phenoxy) is 2. The molecular formula is C31H32Cl2N4O5. The number of piperazine rings is 1. The first-order valence-electron chi connectivity index (χ1n) is 14.0. The molecule has 42 heavy (non-hydrogen) atoms. The molecule has 2 fully saturated rings. The topological polar surface area (TPSA) is 85.8 Å². The number of likely N-dealkylation sites (N-methyl/N-ethyl adjacent to an activating group) is 1. The SMILES string of the molecule is CN1CCN(c2cc(Cl)c(C(=O)N3COc4c(cccc4-c4ccc(C(=O)O)c(N5CCOCC5)c4)C3)c(Cl)c2)CC1. The average Bonchev–Trinajstić information content (AvgIpc) is 3.00. The van der Waals surface area contributed by atoms with Gasteiger partial charge in [-0.1, -0.05) is 47.5 Å².